The summed E-state index contributed by atoms with van der Waals surface area (Å²) < 4.78 is 7.37. The molecule has 2 amide bonds. The van der Waals surface area contributed by atoms with Crippen molar-refractivity contribution in [2.24, 2.45) is 5.92 Å². The van der Waals surface area contributed by atoms with Crippen molar-refractivity contribution in [3.8, 4) is 0 Å². The molecule has 3 atom stereocenters. The molecule has 1 aliphatic heterocycles. The van der Waals surface area contributed by atoms with Gasteiger partial charge in [0.05, 0.1) is 11.7 Å². The SMILES string of the molecule is Cc1nc2sccn2c1C(=O)NC[C@@H]1C[C@@H]2C[C@@H]2N1C(=O)OC(C)(C)C. The smallest absolute Gasteiger partial charge is 0.410 e. The summed E-state index contributed by atoms with van der Waals surface area (Å²) in [6.45, 7) is 7.89. The van der Waals surface area contributed by atoms with Gasteiger partial charge in [-0.1, -0.05) is 0 Å². The van der Waals surface area contributed by atoms with Crippen LogP contribution in [0, 0.1) is 12.8 Å². The first-order valence-corrected chi connectivity index (χ1v) is 9.84. The molecule has 2 fully saturated rings. The van der Waals surface area contributed by atoms with E-state index in [1.807, 2.05) is 48.6 Å². The first-order chi connectivity index (χ1) is 12.2. The van der Waals surface area contributed by atoms with E-state index < -0.39 is 5.60 Å². The van der Waals surface area contributed by atoms with E-state index in [2.05, 4.69) is 10.3 Å². The van der Waals surface area contributed by atoms with Gasteiger partial charge in [0.2, 0.25) is 0 Å². The predicted molar refractivity (Wildman–Crippen MR) is 98.5 cm³/mol. The number of amides is 2. The van der Waals surface area contributed by atoms with Crippen LogP contribution in [0.2, 0.25) is 0 Å². The summed E-state index contributed by atoms with van der Waals surface area (Å²) in [5, 5.41) is 4.90. The van der Waals surface area contributed by atoms with Gasteiger partial charge in [-0.3, -0.25) is 9.20 Å². The van der Waals surface area contributed by atoms with Crippen molar-refractivity contribution in [2.75, 3.05) is 6.54 Å². The van der Waals surface area contributed by atoms with E-state index in [1.165, 1.54) is 11.3 Å². The molecule has 8 heteroatoms. The minimum atomic E-state index is -0.517. The number of hydrogen-bond acceptors (Lipinski definition) is 5. The molecule has 4 rings (SSSR count). The summed E-state index contributed by atoms with van der Waals surface area (Å²) in [5.74, 6) is 0.391. The average Bonchev–Trinajstić information content (AvgIpc) is 2.88. The highest BCUT2D eigenvalue weighted by Gasteiger charge is 2.54. The predicted octanol–water partition coefficient (Wildman–Crippen LogP) is 2.83. The van der Waals surface area contributed by atoms with Gasteiger partial charge in [0.15, 0.2) is 4.96 Å². The van der Waals surface area contributed by atoms with Crippen LogP contribution in [0.5, 0.6) is 0 Å². The van der Waals surface area contributed by atoms with Crippen molar-refractivity contribution in [3.63, 3.8) is 0 Å². The Kier molecular flexibility index (Phi) is 3.98. The molecular weight excluding hydrogens is 352 g/mol. The Labute approximate surface area is 156 Å². The van der Waals surface area contributed by atoms with Crippen molar-refractivity contribution >= 4 is 28.3 Å². The summed E-state index contributed by atoms with van der Waals surface area (Å²) >= 11 is 1.50. The summed E-state index contributed by atoms with van der Waals surface area (Å²) in [4.78, 5) is 32.3. The van der Waals surface area contributed by atoms with Crippen molar-refractivity contribution in [1.82, 2.24) is 19.6 Å². The fraction of sp³-hybridized carbons (Fsp3) is 0.611. The van der Waals surface area contributed by atoms with Crippen LogP contribution >= 0.6 is 11.3 Å². The monoisotopic (exact) mass is 376 g/mol. The Balaban J connectivity index is 1.44. The molecule has 1 aliphatic carbocycles. The maximum absolute atomic E-state index is 12.7. The molecule has 2 aromatic heterocycles. The molecule has 140 valence electrons. The topological polar surface area (TPSA) is 75.9 Å². The highest BCUT2D eigenvalue weighted by Crippen LogP contribution is 2.48. The number of piperidine rings is 1. The number of carbonyl (C=O) groups is 2. The van der Waals surface area contributed by atoms with Crippen LogP contribution in [0.25, 0.3) is 4.96 Å². The molecule has 1 saturated heterocycles. The van der Waals surface area contributed by atoms with Crippen molar-refractivity contribution in [1.29, 1.82) is 0 Å². The molecule has 0 radical (unpaired) electrons. The summed E-state index contributed by atoms with van der Waals surface area (Å²) in [5.41, 5.74) is 0.762. The third-order valence-electron chi connectivity index (χ3n) is 4.96. The average molecular weight is 376 g/mol. The number of imidazole rings is 1. The number of nitrogens with one attached hydrogen (secondary N) is 1. The second kappa shape index (κ2) is 5.97. The zero-order valence-corrected chi connectivity index (χ0v) is 16.3. The van der Waals surface area contributed by atoms with Crippen LogP contribution < -0.4 is 5.32 Å². The third kappa shape index (κ3) is 3.06. The molecule has 0 spiro atoms. The molecule has 0 unspecified atom stereocenters. The highest BCUT2D eigenvalue weighted by molar-refractivity contribution is 7.15. The van der Waals surface area contributed by atoms with Crippen LogP contribution in [0.3, 0.4) is 0 Å². The van der Waals surface area contributed by atoms with Crippen LogP contribution in [0.4, 0.5) is 4.79 Å². The Bertz CT molecular complexity index is 866. The van der Waals surface area contributed by atoms with E-state index in [0.29, 0.717) is 23.9 Å². The zero-order valence-electron chi connectivity index (χ0n) is 15.5. The second-order valence-corrected chi connectivity index (χ2v) is 9.02. The Hall–Kier alpha value is -2.09. The Morgan fingerprint density at radius 3 is 2.88 bits per heavy atom. The number of aromatic nitrogens is 2. The standard InChI is InChI=1S/C18H24N4O3S/c1-10-14(21-5-6-26-16(21)20-10)15(23)19-9-12-7-11-8-13(11)22(12)17(24)25-18(2,3)4/h5-6,11-13H,7-9H2,1-4H3,(H,19,23)/t11-,12+,13+/m1/s1. The molecule has 2 aromatic rings. The van der Waals surface area contributed by atoms with Gasteiger partial charge in [-0.05, 0) is 46.5 Å². The number of likely N-dealkylation sites (tertiary alicyclic amines) is 1. The van der Waals surface area contributed by atoms with Crippen molar-refractivity contribution in [2.45, 2.75) is 58.2 Å². The molecule has 0 aromatic carbocycles. The van der Waals surface area contributed by atoms with Crippen LogP contribution in [0.1, 0.15) is 49.8 Å². The van der Waals surface area contributed by atoms with E-state index in [1.54, 1.807) is 0 Å². The minimum absolute atomic E-state index is 0.0104. The molecule has 0 bridgehead atoms. The fourth-order valence-electron chi connectivity index (χ4n) is 3.80. The Morgan fingerprint density at radius 2 is 2.15 bits per heavy atom. The number of fused-ring (bicyclic) bond motifs is 2. The highest BCUT2D eigenvalue weighted by atomic mass is 32.1. The number of rotatable bonds is 3. The molecule has 7 nitrogen and oxygen atoms in total. The van der Waals surface area contributed by atoms with E-state index in [0.717, 1.165) is 17.8 Å². The van der Waals surface area contributed by atoms with E-state index in [4.69, 9.17) is 4.74 Å². The van der Waals surface area contributed by atoms with Gasteiger partial charge in [0.1, 0.15) is 11.3 Å². The summed E-state index contributed by atoms with van der Waals surface area (Å²) in [6.07, 6.45) is 3.54. The van der Waals surface area contributed by atoms with Crippen LogP contribution in [0.15, 0.2) is 11.6 Å². The van der Waals surface area contributed by atoms with Crippen LogP contribution in [-0.2, 0) is 4.74 Å². The third-order valence-corrected chi connectivity index (χ3v) is 5.72. The minimum Gasteiger partial charge on any atom is -0.444 e. The summed E-state index contributed by atoms with van der Waals surface area (Å²) in [7, 11) is 0. The van der Waals surface area contributed by atoms with Gasteiger partial charge in [-0.15, -0.1) is 11.3 Å². The number of ether oxygens (including phenoxy) is 1. The molecule has 26 heavy (non-hydrogen) atoms. The maximum atomic E-state index is 12.7. The number of thiazole rings is 1. The molecule has 1 saturated carbocycles. The summed E-state index contributed by atoms with van der Waals surface area (Å²) in [6, 6.07) is 0.260. The van der Waals surface area contributed by atoms with Gasteiger partial charge in [-0.2, -0.15) is 0 Å². The maximum Gasteiger partial charge on any atom is 0.410 e. The fourth-order valence-corrected chi connectivity index (χ4v) is 4.56. The second-order valence-electron chi connectivity index (χ2n) is 8.15. The molecular formula is C18H24N4O3S. The van der Waals surface area contributed by atoms with Crippen LogP contribution in [-0.4, -0.2) is 50.5 Å². The lowest BCUT2D eigenvalue weighted by molar-refractivity contribution is 0.0183. The van der Waals surface area contributed by atoms with E-state index in [-0.39, 0.29) is 24.1 Å². The van der Waals surface area contributed by atoms with Gasteiger partial charge in [-0.25, -0.2) is 9.78 Å². The lowest BCUT2D eigenvalue weighted by Gasteiger charge is -2.30. The Morgan fingerprint density at radius 1 is 1.38 bits per heavy atom. The molecule has 1 N–H and O–H groups in total. The van der Waals surface area contributed by atoms with E-state index >= 15 is 0 Å². The molecule has 2 aliphatic rings. The number of carbonyl (C=O) groups excluding carboxylic acids is 2. The van der Waals surface area contributed by atoms with Gasteiger partial charge in [0.25, 0.3) is 5.91 Å². The molecule has 3 heterocycles. The normalized spacial score (nSPS) is 24.6. The lowest BCUT2D eigenvalue weighted by Crippen LogP contribution is -2.47. The number of nitrogens with zero attached hydrogens (tertiary/aromatic N) is 3. The first-order valence-electron chi connectivity index (χ1n) is 8.96. The zero-order chi connectivity index (χ0) is 18.6. The number of hydrogen-bond donors (Lipinski definition) is 1. The quantitative estimate of drug-likeness (QED) is 0.894. The van der Waals surface area contributed by atoms with E-state index in [9.17, 15) is 9.59 Å². The first kappa shape index (κ1) is 17.3. The largest absolute Gasteiger partial charge is 0.444 e. The van der Waals surface area contributed by atoms with Gasteiger partial charge >= 0.3 is 6.09 Å². The van der Waals surface area contributed by atoms with Crippen molar-refractivity contribution < 1.29 is 14.3 Å². The van der Waals surface area contributed by atoms with Gasteiger partial charge in [0, 0.05) is 24.2 Å². The van der Waals surface area contributed by atoms with Crippen molar-refractivity contribution in [3.05, 3.63) is 23.0 Å². The lowest BCUT2D eigenvalue weighted by atomic mass is 10.1. The number of aryl methyl sites for hydroxylation is 1. The van der Waals surface area contributed by atoms with Gasteiger partial charge < -0.3 is 15.0 Å².